The van der Waals surface area contributed by atoms with E-state index < -0.39 is 5.97 Å². The molecule has 0 aliphatic carbocycles. The molecule has 0 aromatic carbocycles. The Kier molecular flexibility index (Phi) is 7.32. The Bertz CT molecular complexity index is 226. The van der Waals surface area contributed by atoms with Gasteiger partial charge in [0.2, 0.25) is 5.91 Å². The molecule has 4 heteroatoms. The van der Waals surface area contributed by atoms with Crippen LogP contribution in [0.1, 0.15) is 32.6 Å². The number of carbonyl (C=O) groups excluding carboxylic acids is 1. The van der Waals surface area contributed by atoms with E-state index in [4.69, 9.17) is 5.11 Å². The number of aliphatic carboxylic acids is 1. The van der Waals surface area contributed by atoms with Crippen LogP contribution in [0.5, 0.6) is 0 Å². The first kappa shape index (κ1) is 13.7. The number of rotatable bonds is 8. The summed E-state index contributed by atoms with van der Waals surface area (Å²) in [6, 6.07) is 0. The Balaban J connectivity index is 4.05. The first-order valence-electron chi connectivity index (χ1n) is 5.22. The van der Waals surface area contributed by atoms with Gasteiger partial charge in [0.15, 0.2) is 0 Å². The van der Waals surface area contributed by atoms with Crippen molar-refractivity contribution in [3.05, 3.63) is 12.7 Å². The Morgan fingerprint density at radius 3 is 2.53 bits per heavy atom. The summed E-state index contributed by atoms with van der Waals surface area (Å²) >= 11 is 0. The molecule has 0 aromatic heterocycles. The molecule has 1 N–H and O–H groups in total. The topological polar surface area (TPSA) is 57.6 Å². The zero-order valence-corrected chi connectivity index (χ0v) is 9.24. The van der Waals surface area contributed by atoms with Gasteiger partial charge in [0, 0.05) is 19.5 Å². The maximum absolute atomic E-state index is 11.6. The highest BCUT2D eigenvalue weighted by atomic mass is 16.4. The number of hydrogen-bond acceptors (Lipinski definition) is 2. The highest BCUT2D eigenvalue weighted by Gasteiger charge is 2.12. The fraction of sp³-hybridized carbons (Fsp3) is 0.636. The second kappa shape index (κ2) is 8.03. The molecule has 0 bridgehead atoms. The summed E-state index contributed by atoms with van der Waals surface area (Å²) in [4.78, 5) is 23.5. The van der Waals surface area contributed by atoms with Gasteiger partial charge in [-0.1, -0.05) is 19.4 Å². The summed E-state index contributed by atoms with van der Waals surface area (Å²) < 4.78 is 0. The monoisotopic (exact) mass is 213 g/mol. The maximum Gasteiger partial charge on any atom is 0.305 e. The molecular formula is C11H19NO3. The third kappa shape index (κ3) is 6.71. The number of unbranched alkanes of at least 4 members (excludes halogenated alkanes) is 1. The van der Waals surface area contributed by atoms with Gasteiger partial charge in [-0.15, -0.1) is 6.58 Å². The summed E-state index contributed by atoms with van der Waals surface area (Å²) in [7, 11) is 0. The summed E-state index contributed by atoms with van der Waals surface area (Å²) in [6.45, 7) is 6.26. The van der Waals surface area contributed by atoms with E-state index >= 15 is 0 Å². The Hall–Kier alpha value is -1.32. The largest absolute Gasteiger partial charge is 0.481 e. The highest BCUT2D eigenvalue weighted by Crippen LogP contribution is 2.02. The van der Waals surface area contributed by atoms with E-state index in [9.17, 15) is 9.59 Å². The van der Waals surface area contributed by atoms with Crippen molar-refractivity contribution in [2.75, 3.05) is 13.1 Å². The van der Waals surface area contributed by atoms with Gasteiger partial charge in [-0.05, 0) is 6.42 Å². The van der Waals surface area contributed by atoms with Gasteiger partial charge in [0.25, 0.3) is 0 Å². The predicted octanol–water partition coefficient (Wildman–Crippen LogP) is 1.67. The highest BCUT2D eigenvalue weighted by molar-refractivity contribution is 5.77. The minimum absolute atomic E-state index is 0.00823. The van der Waals surface area contributed by atoms with Crippen LogP contribution in [-0.4, -0.2) is 35.0 Å². The van der Waals surface area contributed by atoms with Crippen LogP contribution in [0.3, 0.4) is 0 Å². The molecule has 0 radical (unpaired) electrons. The standard InChI is InChI=1S/C11H19NO3/c1-3-5-6-10(13)12(8-4-2)9-7-11(14)15/h4H,2-3,5-9H2,1H3,(H,14,15). The van der Waals surface area contributed by atoms with Crippen molar-refractivity contribution in [1.29, 1.82) is 0 Å². The maximum atomic E-state index is 11.6. The lowest BCUT2D eigenvalue weighted by Gasteiger charge is -2.20. The average molecular weight is 213 g/mol. The van der Waals surface area contributed by atoms with Gasteiger partial charge < -0.3 is 10.0 Å². The minimum Gasteiger partial charge on any atom is -0.481 e. The summed E-state index contributed by atoms with van der Waals surface area (Å²) in [5.74, 6) is -0.870. The quantitative estimate of drug-likeness (QED) is 0.624. The van der Waals surface area contributed by atoms with Crippen molar-refractivity contribution >= 4 is 11.9 Å². The molecular weight excluding hydrogens is 194 g/mol. The van der Waals surface area contributed by atoms with Crippen LogP contribution >= 0.6 is 0 Å². The van der Waals surface area contributed by atoms with Gasteiger partial charge in [0.05, 0.1) is 6.42 Å². The van der Waals surface area contributed by atoms with Crippen molar-refractivity contribution in [3.63, 3.8) is 0 Å². The van der Waals surface area contributed by atoms with Crippen molar-refractivity contribution in [2.45, 2.75) is 32.6 Å². The molecule has 1 amide bonds. The Labute approximate surface area is 90.6 Å². The van der Waals surface area contributed by atoms with E-state index in [0.29, 0.717) is 13.0 Å². The zero-order chi connectivity index (χ0) is 11.7. The molecule has 15 heavy (non-hydrogen) atoms. The normalized spacial score (nSPS) is 9.67. The number of carboxylic acids is 1. The van der Waals surface area contributed by atoms with Crippen LogP contribution < -0.4 is 0 Å². The Morgan fingerprint density at radius 2 is 2.07 bits per heavy atom. The van der Waals surface area contributed by atoms with Gasteiger partial charge in [-0.2, -0.15) is 0 Å². The summed E-state index contributed by atoms with van der Waals surface area (Å²) in [5, 5.41) is 8.52. The second-order valence-electron chi connectivity index (χ2n) is 3.38. The van der Waals surface area contributed by atoms with Crippen LogP contribution in [0.25, 0.3) is 0 Å². The molecule has 0 aliphatic heterocycles. The zero-order valence-electron chi connectivity index (χ0n) is 9.24. The molecule has 0 saturated heterocycles. The van der Waals surface area contributed by atoms with Crippen LogP contribution in [0, 0.1) is 0 Å². The van der Waals surface area contributed by atoms with Crippen LogP contribution in [0.2, 0.25) is 0 Å². The van der Waals surface area contributed by atoms with Gasteiger partial charge >= 0.3 is 5.97 Å². The number of carbonyl (C=O) groups is 2. The molecule has 0 rings (SSSR count). The molecule has 0 saturated carbocycles. The molecule has 86 valence electrons. The van der Waals surface area contributed by atoms with Crippen LogP contribution in [-0.2, 0) is 9.59 Å². The van der Waals surface area contributed by atoms with Crippen molar-refractivity contribution in [3.8, 4) is 0 Å². The van der Waals surface area contributed by atoms with Crippen molar-refractivity contribution in [1.82, 2.24) is 4.90 Å². The molecule has 0 atom stereocenters. The summed E-state index contributed by atoms with van der Waals surface area (Å²) in [5.41, 5.74) is 0. The van der Waals surface area contributed by atoms with E-state index in [2.05, 4.69) is 6.58 Å². The van der Waals surface area contributed by atoms with E-state index in [1.165, 1.54) is 4.90 Å². The molecule has 4 nitrogen and oxygen atoms in total. The van der Waals surface area contributed by atoms with Gasteiger partial charge in [-0.3, -0.25) is 9.59 Å². The first-order valence-corrected chi connectivity index (χ1v) is 5.22. The van der Waals surface area contributed by atoms with E-state index in [1.54, 1.807) is 6.08 Å². The molecule has 0 heterocycles. The molecule has 0 aliphatic rings. The number of amides is 1. The SMILES string of the molecule is C=CCN(CCC(=O)O)C(=O)CCCC. The minimum atomic E-state index is -0.882. The second-order valence-corrected chi connectivity index (χ2v) is 3.38. The molecule has 0 fully saturated rings. The van der Waals surface area contributed by atoms with Gasteiger partial charge in [0.1, 0.15) is 0 Å². The van der Waals surface area contributed by atoms with Crippen LogP contribution in [0.4, 0.5) is 0 Å². The van der Waals surface area contributed by atoms with Crippen molar-refractivity contribution < 1.29 is 14.7 Å². The third-order valence-electron chi connectivity index (χ3n) is 2.04. The molecule has 0 aromatic rings. The van der Waals surface area contributed by atoms with E-state index in [0.717, 1.165) is 12.8 Å². The number of hydrogen-bond donors (Lipinski definition) is 1. The van der Waals surface area contributed by atoms with Crippen molar-refractivity contribution in [2.24, 2.45) is 0 Å². The van der Waals surface area contributed by atoms with E-state index in [-0.39, 0.29) is 18.9 Å². The Morgan fingerprint density at radius 1 is 1.40 bits per heavy atom. The lowest BCUT2D eigenvalue weighted by molar-refractivity contribution is -0.138. The average Bonchev–Trinajstić information content (AvgIpc) is 2.20. The first-order chi connectivity index (χ1) is 7.11. The lowest BCUT2D eigenvalue weighted by atomic mass is 10.2. The lowest BCUT2D eigenvalue weighted by Crippen LogP contribution is -2.32. The number of carboxylic acid groups (broad SMARTS) is 1. The smallest absolute Gasteiger partial charge is 0.305 e. The third-order valence-corrected chi connectivity index (χ3v) is 2.04. The van der Waals surface area contributed by atoms with E-state index in [1.807, 2.05) is 6.92 Å². The fourth-order valence-corrected chi connectivity index (χ4v) is 1.19. The van der Waals surface area contributed by atoms with Crippen LogP contribution in [0.15, 0.2) is 12.7 Å². The molecule has 0 spiro atoms. The molecule has 0 unspecified atom stereocenters. The van der Waals surface area contributed by atoms with Gasteiger partial charge in [-0.25, -0.2) is 0 Å². The predicted molar refractivity (Wildman–Crippen MR) is 58.6 cm³/mol. The fourth-order valence-electron chi connectivity index (χ4n) is 1.19. The number of nitrogens with zero attached hydrogens (tertiary/aromatic N) is 1. The summed E-state index contributed by atoms with van der Waals surface area (Å²) in [6.07, 6.45) is 3.91.